The van der Waals surface area contributed by atoms with Crippen LogP contribution in [0.2, 0.25) is 0 Å². The molecule has 1 heterocycles. The molecule has 0 aromatic carbocycles. The number of aromatic nitrogens is 1. The number of hydrogen-bond acceptors (Lipinski definition) is 3. The van der Waals surface area contributed by atoms with E-state index in [2.05, 4.69) is 4.98 Å². The van der Waals surface area contributed by atoms with E-state index in [1.54, 1.807) is 0 Å². The summed E-state index contributed by atoms with van der Waals surface area (Å²) in [5.41, 5.74) is -2.62. The molecule has 1 rings (SSSR count). The van der Waals surface area contributed by atoms with E-state index in [4.69, 9.17) is 10.0 Å². The maximum Gasteiger partial charge on any atom is 0.511 e. The molecule has 0 atom stereocenters. The van der Waals surface area contributed by atoms with Crippen LogP contribution in [0.1, 0.15) is 5.56 Å². The summed E-state index contributed by atoms with van der Waals surface area (Å²) < 4.78 is 49.1. The average molecular weight is 209 g/mol. The van der Waals surface area contributed by atoms with E-state index in [-0.39, 0.29) is 0 Å². The minimum Gasteiger partial charge on any atom is -0.422 e. The normalized spacial score (nSPS) is 11.6. The van der Waals surface area contributed by atoms with Gasteiger partial charge < -0.3 is 10.0 Å². The van der Waals surface area contributed by atoms with E-state index in [9.17, 15) is 17.6 Å². The van der Waals surface area contributed by atoms with Crippen LogP contribution in [0.15, 0.2) is 12.3 Å². The minimum absolute atomic E-state index is 0.418. The van der Waals surface area contributed by atoms with Crippen LogP contribution in [-0.2, 0) is 6.18 Å². The Hall–Kier alpha value is -1.15. The van der Waals surface area contributed by atoms with Gasteiger partial charge in [0.15, 0.2) is 5.82 Å². The van der Waals surface area contributed by atoms with E-state index >= 15 is 0 Å². The first-order valence-electron chi connectivity index (χ1n) is 3.41. The van der Waals surface area contributed by atoms with Gasteiger partial charge in [0, 0.05) is 6.20 Å². The summed E-state index contributed by atoms with van der Waals surface area (Å²) in [5.74, 6) is -1.77. The Morgan fingerprint density at radius 1 is 1.29 bits per heavy atom. The van der Waals surface area contributed by atoms with E-state index in [0.29, 0.717) is 12.3 Å². The number of halogens is 4. The van der Waals surface area contributed by atoms with E-state index < -0.39 is 30.3 Å². The Morgan fingerprint density at radius 3 is 2.29 bits per heavy atom. The Balaban J connectivity index is 3.28. The van der Waals surface area contributed by atoms with Gasteiger partial charge in [-0.3, -0.25) is 4.98 Å². The maximum absolute atomic E-state index is 12.9. The molecule has 8 heteroatoms. The van der Waals surface area contributed by atoms with Crippen LogP contribution in [-0.4, -0.2) is 22.2 Å². The summed E-state index contributed by atoms with van der Waals surface area (Å²) in [6.07, 6.45) is -4.22. The van der Waals surface area contributed by atoms with Gasteiger partial charge in [0.05, 0.1) is 5.56 Å². The van der Waals surface area contributed by atoms with Crippen molar-refractivity contribution in [2.24, 2.45) is 0 Å². The lowest BCUT2D eigenvalue weighted by Gasteiger charge is -2.09. The summed E-state index contributed by atoms with van der Waals surface area (Å²) in [5, 5.41) is 17.0. The number of pyridine rings is 1. The third-order valence-corrected chi connectivity index (χ3v) is 1.47. The molecule has 3 nitrogen and oxygen atoms in total. The summed E-state index contributed by atoms with van der Waals surface area (Å²) in [6.45, 7) is 0. The topological polar surface area (TPSA) is 53.4 Å². The second-order valence-electron chi connectivity index (χ2n) is 2.43. The zero-order valence-electron chi connectivity index (χ0n) is 6.59. The highest BCUT2D eigenvalue weighted by Gasteiger charge is 2.36. The van der Waals surface area contributed by atoms with E-state index in [1.165, 1.54) is 0 Å². The van der Waals surface area contributed by atoms with Crippen molar-refractivity contribution in [3.8, 4) is 0 Å². The molecular weight excluding hydrogens is 205 g/mol. The lowest BCUT2D eigenvalue weighted by molar-refractivity contribution is -0.139. The lowest BCUT2D eigenvalue weighted by atomic mass is 9.84. The highest BCUT2D eigenvalue weighted by atomic mass is 19.4. The fourth-order valence-corrected chi connectivity index (χ4v) is 0.859. The summed E-state index contributed by atoms with van der Waals surface area (Å²) in [4.78, 5) is 3.08. The first-order valence-corrected chi connectivity index (χ1v) is 3.41. The van der Waals surface area contributed by atoms with Crippen molar-refractivity contribution in [2.45, 2.75) is 6.18 Å². The summed E-state index contributed by atoms with van der Waals surface area (Å²) >= 11 is 0. The standard InChI is InChI=1S/C6H4BF4NO2/c8-4-3(6(9,10)11)1-2-12-5(4)7(13)14/h1-2,13-14H. The first kappa shape index (κ1) is 10.9. The molecule has 0 unspecified atom stereocenters. The largest absolute Gasteiger partial charge is 0.511 e. The zero-order chi connectivity index (χ0) is 10.9. The molecule has 76 valence electrons. The van der Waals surface area contributed by atoms with Crippen molar-refractivity contribution >= 4 is 12.7 Å². The van der Waals surface area contributed by atoms with Crippen LogP contribution in [0.25, 0.3) is 0 Å². The molecule has 0 aliphatic carbocycles. The summed E-state index contributed by atoms with van der Waals surface area (Å²) in [7, 11) is -2.36. The number of rotatable bonds is 1. The highest BCUT2D eigenvalue weighted by molar-refractivity contribution is 6.57. The molecule has 0 radical (unpaired) electrons. The Kier molecular flexibility index (Phi) is 2.77. The van der Waals surface area contributed by atoms with Crippen LogP contribution in [0.5, 0.6) is 0 Å². The van der Waals surface area contributed by atoms with Crippen molar-refractivity contribution in [2.75, 3.05) is 0 Å². The predicted octanol–water partition coefficient (Wildman–Crippen LogP) is -0.0807. The fourth-order valence-electron chi connectivity index (χ4n) is 0.859. The van der Waals surface area contributed by atoms with Crippen LogP contribution >= 0.6 is 0 Å². The van der Waals surface area contributed by atoms with Gasteiger partial charge in [-0.05, 0) is 6.07 Å². The van der Waals surface area contributed by atoms with Crippen molar-refractivity contribution in [1.29, 1.82) is 0 Å². The molecular formula is C6H4BF4NO2. The molecule has 14 heavy (non-hydrogen) atoms. The van der Waals surface area contributed by atoms with Gasteiger partial charge in [-0.15, -0.1) is 0 Å². The van der Waals surface area contributed by atoms with Crippen LogP contribution in [0.3, 0.4) is 0 Å². The predicted molar refractivity (Wildman–Crippen MR) is 39.0 cm³/mol. The van der Waals surface area contributed by atoms with Crippen molar-refractivity contribution in [3.05, 3.63) is 23.6 Å². The van der Waals surface area contributed by atoms with Gasteiger partial charge in [-0.2, -0.15) is 13.2 Å². The van der Waals surface area contributed by atoms with Crippen LogP contribution in [0.4, 0.5) is 17.6 Å². The SMILES string of the molecule is OB(O)c1nccc(C(F)(F)F)c1F. The quantitative estimate of drug-likeness (QED) is 0.502. The Morgan fingerprint density at radius 2 is 1.86 bits per heavy atom. The third kappa shape index (κ3) is 2.02. The second-order valence-corrected chi connectivity index (χ2v) is 2.43. The summed E-state index contributed by atoms with van der Waals surface area (Å²) in [6, 6.07) is 0.418. The number of hydrogen-bond donors (Lipinski definition) is 2. The van der Waals surface area contributed by atoms with Crippen LogP contribution < -0.4 is 5.59 Å². The molecule has 0 aliphatic rings. The first-order chi connectivity index (χ1) is 6.34. The fraction of sp³-hybridized carbons (Fsp3) is 0.167. The molecule has 1 aromatic rings. The second kappa shape index (κ2) is 3.54. The van der Waals surface area contributed by atoms with Gasteiger partial charge in [-0.25, -0.2) is 4.39 Å². The van der Waals surface area contributed by atoms with Gasteiger partial charge >= 0.3 is 13.3 Å². The van der Waals surface area contributed by atoms with Gasteiger partial charge in [0.1, 0.15) is 5.59 Å². The molecule has 0 spiro atoms. The lowest BCUT2D eigenvalue weighted by Crippen LogP contribution is -2.37. The van der Waals surface area contributed by atoms with Crippen molar-refractivity contribution in [3.63, 3.8) is 0 Å². The van der Waals surface area contributed by atoms with Gasteiger partial charge in [-0.1, -0.05) is 0 Å². The molecule has 0 bridgehead atoms. The molecule has 0 amide bonds. The van der Waals surface area contributed by atoms with Crippen molar-refractivity contribution < 1.29 is 27.6 Å². The highest BCUT2D eigenvalue weighted by Crippen LogP contribution is 2.29. The number of alkyl halides is 3. The average Bonchev–Trinajstić information content (AvgIpc) is 2.01. The molecule has 0 saturated heterocycles. The number of nitrogens with zero attached hydrogens (tertiary/aromatic N) is 1. The van der Waals surface area contributed by atoms with E-state index in [0.717, 1.165) is 0 Å². The molecule has 0 fully saturated rings. The monoisotopic (exact) mass is 209 g/mol. The smallest absolute Gasteiger partial charge is 0.422 e. The Labute approximate surface area is 76.2 Å². The third-order valence-electron chi connectivity index (χ3n) is 1.47. The minimum atomic E-state index is -4.88. The zero-order valence-corrected chi connectivity index (χ0v) is 6.59. The van der Waals surface area contributed by atoms with E-state index in [1.807, 2.05) is 0 Å². The molecule has 0 aliphatic heterocycles. The maximum atomic E-state index is 12.9. The molecule has 2 N–H and O–H groups in total. The van der Waals surface area contributed by atoms with Gasteiger partial charge in [0.2, 0.25) is 0 Å². The van der Waals surface area contributed by atoms with Crippen LogP contribution in [0, 0.1) is 5.82 Å². The molecule has 0 saturated carbocycles. The van der Waals surface area contributed by atoms with Gasteiger partial charge in [0.25, 0.3) is 0 Å². The van der Waals surface area contributed by atoms with Crippen molar-refractivity contribution in [1.82, 2.24) is 4.98 Å². The molecule has 1 aromatic heterocycles. The Bertz CT molecular complexity index is 341.